The van der Waals surface area contributed by atoms with Gasteiger partial charge in [0.25, 0.3) is 0 Å². The van der Waals surface area contributed by atoms with Crippen LogP contribution in [0.15, 0.2) is 115 Å². The van der Waals surface area contributed by atoms with Crippen molar-refractivity contribution in [3.05, 3.63) is 115 Å². The number of benzene rings is 3. The van der Waals surface area contributed by atoms with Crippen molar-refractivity contribution < 1.29 is 0 Å². The first kappa shape index (κ1) is 20.6. The van der Waals surface area contributed by atoms with Crippen molar-refractivity contribution in [1.82, 2.24) is 0 Å². The molecule has 0 aliphatic heterocycles. The van der Waals surface area contributed by atoms with E-state index < -0.39 is 0 Å². The Morgan fingerprint density at radius 3 is 1.53 bits per heavy atom. The number of allylic oxidation sites excluding steroid dienone is 4. The monoisotopic (exact) mass is 420 g/mol. The lowest BCUT2D eigenvalue weighted by Gasteiger charge is -2.55. The molecule has 0 bridgehead atoms. The molecule has 0 aromatic heterocycles. The van der Waals surface area contributed by atoms with Crippen LogP contribution in [0.25, 0.3) is 0 Å². The van der Waals surface area contributed by atoms with Crippen LogP contribution in [0.2, 0.25) is 0 Å². The van der Waals surface area contributed by atoms with Gasteiger partial charge in [0.1, 0.15) is 5.66 Å². The first-order valence-electron chi connectivity index (χ1n) is 12.0. The Labute approximate surface area is 192 Å². The van der Waals surface area contributed by atoms with Crippen LogP contribution in [0, 0.1) is 0 Å². The second-order valence-corrected chi connectivity index (χ2v) is 8.85. The molecule has 0 amide bonds. The molecule has 5 rings (SSSR count). The number of hydrogen-bond acceptors (Lipinski definition) is 2. The average molecular weight is 421 g/mol. The lowest BCUT2D eigenvalue weighted by Crippen LogP contribution is -2.60. The lowest BCUT2D eigenvalue weighted by atomic mass is 9.83. The molecule has 0 unspecified atom stereocenters. The zero-order valence-electron chi connectivity index (χ0n) is 18.7. The summed E-state index contributed by atoms with van der Waals surface area (Å²) in [5.74, 6) is 0. The van der Waals surface area contributed by atoms with Crippen LogP contribution in [-0.2, 0) is 0 Å². The predicted molar refractivity (Wildman–Crippen MR) is 136 cm³/mol. The molecule has 1 fully saturated rings. The van der Waals surface area contributed by atoms with Crippen LogP contribution < -0.4 is 9.80 Å². The highest BCUT2D eigenvalue weighted by atomic mass is 15.4. The van der Waals surface area contributed by atoms with E-state index in [9.17, 15) is 0 Å². The van der Waals surface area contributed by atoms with Crippen LogP contribution in [0.4, 0.5) is 17.1 Å². The summed E-state index contributed by atoms with van der Waals surface area (Å²) in [6.45, 7) is 0. The van der Waals surface area contributed by atoms with E-state index in [2.05, 4.69) is 119 Å². The Bertz CT molecular complexity index is 1010. The van der Waals surface area contributed by atoms with Crippen LogP contribution in [0.5, 0.6) is 0 Å². The molecule has 32 heavy (non-hydrogen) atoms. The first-order chi connectivity index (χ1) is 15.9. The highest BCUT2D eigenvalue weighted by molar-refractivity contribution is 5.70. The van der Waals surface area contributed by atoms with Crippen LogP contribution in [0.3, 0.4) is 0 Å². The highest BCUT2D eigenvalue weighted by Gasteiger charge is 2.45. The standard InChI is InChI=1S/C30H32N2/c1-6-16-26(17-7-1)31(27-18-8-2-9-19-27)30(24-14-5-15-25-30)32(28-20-10-3-11-21-28)29-22-12-4-13-23-29/h1-4,6-12,16-22H,5,13-15,23-25H2. The molecular formula is C30H32N2. The molecule has 2 nitrogen and oxygen atoms in total. The van der Waals surface area contributed by atoms with E-state index in [1.54, 1.807) is 0 Å². The second kappa shape index (κ2) is 9.48. The maximum Gasteiger partial charge on any atom is 0.121 e. The fourth-order valence-electron chi connectivity index (χ4n) is 5.48. The van der Waals surface area contributed by atoms with Crippen LogP contribution in [-0.4, -0.2) is 5.66 Å². The van der Waals surface area contributed by atoms with Crippen molar-refractivity contribution in [3.8, 4) is 0 Å². The summed E-state index contributed by atoms with van der Waals surface area (Å²) < 4.78 is 0. The SMILES string of the molecule is C1=CCCC(N(c2ccccc2)C2(N(c3ccccc3)c3ccccc3)CCCCC2)=C1. The van der Waals surface area contributed by atoms with Gasteiger partial charge in [0, 0.05) is 22.8 Å². The third-order valence-electron chi connectivity index (χ3n) is 6.81. The molecule has 3 aromatic carbocycles. The fraction of sp³-hybridized carbons (Fsp3) is 0.267. The third-order valence-corrected chi connectivity index (χ3v) is 6.81. The zero-order valence-corrected chi connectivity index (χ0v) is 18.7. The summed E-state index contributed by atoms with van der Waals surface area (Å²) in [5, 5.41) is 0. The molecule has 2 aliphatic carbocycles. The summed E-state index contributed by atoms with van der Waals surface area (Å²) >= 11 is 0. The average Bonchev–Trinajstić information content (AvgIpc) is 2.88. The second-order valence-electron chi connectivity index (χ2n) is 8.85. The van der Waals surface area contributed by atoms with E-state index in [0.29, 0.717) is 0 Å². The van der Waals surface area contributed by atoms with Gasteiger partial charge in [0.05, 0.1) is 0 Å². The summed E-state index contributed by atoms with van der Waals surface area (Å²) in [6.07, 6.45) is 15.1. The van der Waals surface area contributed by atoms with Crippen LogP contribution >= 0.6 is 0 Å². The van der Waals surface area contributed by atoms with Gasteiger partial charge < -0.3 is 9.80 Å². The van der Waals surface area contributed by atoms with Crippen molar-refractivity contribution in [2.75, 3.05) is 9.80 Å². The summed E-state index contributed by atoms with van der Waals surface area (Å²) in [7, 11) is 0. The minimum Gasteiger partial charge on any atom is -0.321 e. The molecule has 162 valence electrons. The smallest absolute Gasteiger partial charge is 0.121 e. The number of nitrogens with zero attached hydrogens (tertiary/aromatic N) is 2. The Balaban J connectivity index is 1.75. The van der Waals surface area contributed by atoms with Crippen molar-refractivity contribution in [3.63, 3.8) is 0 Å². The molecule has 0 saturated heterocycles. The highest BCUT2D eigenvalue weighted by Crippen LogP contribution is 2.48. The van der Waals surface area contributed by atoms with Crippen molar-refractivity contribution >= 4 is 17.1 Å². The summed E-state index contributed by atoms with van der Waals surface area (Å²) in [5.41, 5.74) is 5.06. The fourth-order valence-corrected chi connectivity index (χ4v) is 5.48. The molecule has 0 heterocycles. The van der Waals surface area contributed by atoms with Gasteiger partial charge in [-0.1, -0.05) is 73.2 Å². The first-order valence-corrected chi connectivity index (χ1v) is 12.0. The van der Waals surface area contributed by atoms with Crippen LogP contribution in [0.1, 0.15) is 44.9 Å². The largest absolute Gasteiger partial charge is 0.321 e. The molecule has 0 spiro atoms. The number of para-hydroxylation sites is 3. The Morgan fingerprint density at radius 2 is 1.06 bits per heavy atom. The molecule has 0 atom stereocenters. The molecule has 2 heteroatoms. The topological polar surface area (TPSA) is 6.48 Å². The quantitative estimate of drug-likeness (QED) is 0.371. The maximum absolute atomic E-state index is 2.68. The van der Waals surface area contributed by atoms with Gasteiger partial charge in [-0.3, -0.25) is 0 Å². The van der Waals surface area contributed by atoms with Gasteiger partial charge in [-0.15, -0.1) is 0 Å². The lowest BCUT2D eigenvalue weighted by molar-refractivity contribution is 0.289. The van der Waals surface area contributed by atoms with Gasteiger partial charge >= 0.3 is 0 Å². The normalized spacial score (nSPS) is 17.4. The van der Waals surface area contributed by atoms with E-state index in [0.717, 1.165) is 25.7 Å². The van der Waals surface area contributed by atoms with E-state index >= 15 is 0 Å². The Kier molecular flexibility index (Phi) is 6.11. The number of anilines is 3. The molecular weight excluding hydrogens is 388 g/mol. The number of hydrogen-bond donors (Lipinski definition) is 0. The molecule has 3 aromatic rings. The van der Waals surface area contributed by atoms with Gasteiger partial charge in [0.15, 0.2) is 0 Å². The third kappa shape index (κ3) is 3.98. The minimum absolute atomic E-state index is 0.153. The van der Waals surface area contributed by atoms with Crippen molar-refractivity contribution in [2.45, 2.75) is 50.6 Å². The van der Waals surface area contributed by atoms with E-state index in [1.165, 1.54) is 42.0 Å². The van der Waals surface area contributed by atoms with Gasteiger partial charge in [-0.05, 0) is 81.0 Å². The molecule has 1 saturated carbocycles. The van der Waals surface area contributed by atoms with Gasteiger partial charge in [0.2, 0.25) is 0 Å². The van der Waals surface area contributed by atoms with Gasteiger partial charge in [-0.25, -0.2) is 0 Å². The van der Waals surface area contributed by atoms with Gasteiger partial charge in [-0.2, -0.15) is 0 Å². The zero-order chi connectivity index (χ0) is 21.6. The summed E-state index contributed by atoms with van der Waals surface area (Å²) in [6, 6.07) is 33.0. The minimum atomic E-state index is -0.153. The molecule has 2 aliphatic rings. The van der Waals surface area contributed by atoms with E-state index in [1.807, 2.05) is 0 Å². The van der Waals surface area contributed by atoms with Crippen molar-refractivity contribution in [2.24, 2.45) is 0 Å². The Hall–Kier alpha value is -3.26. The maximum atomic E-state index is 2.68. The van der Waals surface area contributed by atoms with E-state index in [4.69, 9.17) is 0 Å². The molecule has 0 N–H and O–H groups in total. The molecule has 0 radical (unpaired) electrons. The predicted octanol–water partition coefficient (Wildman–Crippen LogP) is 8.23. The Morgan fingerprint density at radius 1 is 0.562 bits per heavy atom. The van der Waals surface area contributed by atoms with Crippen molar-refractivity contribution in [1.29, 1.82) is 0 Å². The van der Waals surface area contributed by atoms with E-state index in [-0.39, 0.29) is 5.66 Å². The summed E-state index contributed by atoms with van der Waals surface area (Å²) in [4.78, 5) is 5.30. The number of rotatable bonds is 6.